The molecule has 0 spiro atoms. The Bertz CT molecular complexity index is 818. The Morgan fingerprint density at radius 3 is 2.67 bits per heavy atom. The van der Waals surface area contributed by atoms with Crippen LogP contribution in [0.5, 0.6) is 0 Å². The molecule has 0 radical (unpaired) electrons. The summed E-state index contributed by atoms with van der Waals surface area (Å²) in [4.78, 5) is 24.0. The van der Waals surface area contributed by atoms with Crippen LogP contribution in [0.15, 0.2) is 22.5 Å². The van der Waals surface area contributed by atoms with Crippen molar-refractivity contribution < 1.29 is 9.59 Å². The number of rotatable bonds is 6. The highest BCUT2D eigenvalue weighted by atomic mass is 32.2. The fourth-order valence-corrected chi connectivity index (χ4v) is 4.42. The lowest BCUT2D eigenvalue weighted by Gasteiger charge is -2.10. The van der Waals surface area contributed by atoms with Gasteiger partial charge < -0.3 is 10.6 Å². The number of hydrogen-bond acceptors (Lipinski definition) is 6. The number of amides is 3. The van der Waals surface area contributed by atoms with Crippen LogP contribution >= 0.6 is 23.1 Å². The van der Waals surface area contributed by atoms with Crippen molar-refractivity contribution >= 4 is 45.9 Å². The lowest BCUT2D eigenvalue weighted by atomic mass is 10.1. The maximum Gasteiger partial charge on any atom is 0.325 e. The van der Waals surface area contributed by atoms with Gasteiger partial charge in [-0.2, -0.15) is 0 Å². The van der Waals surface area contributed by atoms with E-state index < -0.39 is 0 Å². The molecule has 7 nitrogen and oxygen atoms in total. The van der Waals surface area contributed by atoms with Gasteiger partial charge in [-0.25, -0.2) is 4.79 Å². The molecule has 144 valence electrons. The van der Waals surface area contributed by atoms with Crippen molar-refractivity contribution in [2.24, 2.45) is 0 Å². The number of urea groups is 1. The summed E-state index contributed by atoms with van der Waals surface area (Å²) < 4.78 is 0.651. The Morgan fingerprint density at radius 2 is 1.93 bits per heavy atom. The second-order valence-electron chi connectivity index (χ2n) is 6.59. The molecule has 1 aromatic carbocycles. The van der Waals surface area contributed by atoms with E-state index in [0.717, 1.165) is 24.1 Å². The Hall–Kier alpha value is -2.13. The fraction of sp³-hybridized carbons (Fsp3) is 0.444. The van der Waals surface area contributed by atoms with Crippen LogP contribution in [-0.4, -0.2) is 33.9 Å². The van der Waals surface area contributed by atoms with Crippen molar-refractivity contribution in [2.75, 3.05) is 16.4 Å². The van der Waals surface area contributed by atoms with Crippen LogP contribution in [-0.2, 0) is 4.79 Å². The summed E-state index contributed by atoms with van der Waals surface area (Å²) in [6, 6.07) is 5.68. The molecular weight excluding hydrogens is 382 g/mol. The molecule has 1 aromatic heterocycles. The number of nitrogens with one attached hydrogen (secondary N) is 3. The number of carbonyl (C=O) groups excluding carboxylic acids is 2. The maximum atomic E-state index is 12.1. The fourth-order valence-electron chi connectivity index (χ4n) is 2.86. The second-order valence-corrected chi connectivity index (χ2v) is 8.79. The van der Waals surface area contributed by atoms with Crippen LogP contribution in [0.2, 0.25) is 0 Å². The Labute approximate surface area is 166 Å². The molecule has 3 rings (SSSR count). The van der Waals surface area contributed by atoms with Crippen molar-refractivity contribution in [3.05, 3.63) is 29.3 Å². The highest BCUT2D eigenvalue weighted by molar-refractivity contribution is 8.01. The van der Waals surface area contributed by atoms with Gasteiger partial charge >= 0.3 is 6.03 Å². The minimum Gasteiger partial charge on any atom is -0.353 e. The Morgan fingerprint density at radius 1 is 1.15 bits per heavy atom. The molecule has 1 heterocycles. The summed E-state index contributed by atoms with van der Waals surface area (Å²) in [6.45, 7) is 4.02. The second kappa shape index (κ2) is 9.18. The average molecular weight is 406 g/mol. The van der Waals surface area contributed by atoms with Gasteiger partial charge in [0.1, 0.15) is 0 Å². The third-order valence-corrected chi connectivity index (χ3v) is 6.41. The predicted octanol–water partition coefficient (Wildman–Crippen LogP) is 3.95. The number of benzene rings is 1. The highest BCUT2D eigenvalue weighted by Crippen LogP contribution is 2.26. The van der Waals surface area contributed by atoms with E-state index in [2.05, 4.69) is 26.1 Å². The zero-order valence-corrected chi connectivity index (χ0v) is 17.0. The largest absolute Gasteiger partial charge is 0.353 e. The zero-order valence-electron chi connectivity index (χ0n) is 15.4. The number of hydrogen-bond donors (Lipinski definition) is 3. The van der Waals surface area contributed by atoms with Crippen LogP contribution in [0, 0.1) is 13.8 Å². The third-order valence-electron chi connectivity index (χ3n) is 4.44. The summed E-state index contributed by atoms with van der Waals surface area (Å²) in [5, 5.41) is 16.9. The lowest BCUT2D eigenvalue weighted by molar-refractivity contribution is -0.119. The van der Waals surface area contributed by atoms with Gasteiger partial charge in [-0.1, -0.05) is 42.0 Å². The first-order chi connectivity index (χ1) is 13.0. The van der Waals surface area contributed by atoms with E-state index in [-0.39, 0.29) is 11.9 Å². The summed E-state index contributed by atoms with van der Waals surface area (Å²) in [5.41, 5.74) is 3.00. The molecule has 3 amide bonds. The summed E-state index contributed by atoms with van der Waals surface area (Å²) in [5.74, 6) is 0.323. The van der Waals surface area contributed by atoms with Gasteiger partial charge in [0.15, 0.2) is 4.34 Å². The molecule has 1 saturated carbocycles. The normalized spacial score (nSPS) is 14.1. The van der Waals surface area contributed by atoms with Gasteiger partial charge in [0.2, 0.25) is 11.0 Å². The number of carbonyl (C=O) groups is 2. The molecule has 2 aromatic rings. The standard InChI is InChI=1S/C18H23N5O2S2/c1-11-7-8-14(9-12(11)2)20-16(25)21-17-22-23-18(27-17)26-10-15(24)19-13-5-3-4-6-13/h7-9,13H,3-6,10H2,1-2H3,(H,19,24)(H2,20,21,22,25). The number of anilines is 2. The van der Waals surface area contributed by atoms with Crippen LogP contribution in [0.4, 0.5) is 15.6 Å². The van der Waals surface area contributed by atoms with Gasteiger partial charge in [0, 0.05) is 11.7 Å². The van der Waals surface area contributed by atoms with Gasteiger partial charge in [0.05, 0.1) is 5.75 Å². The molecule has 1 aliphatic rings. The van der Waals surface area contributed by atoms with Gasteiger partial charge in [-0.15, -0.1) is 10.2 Å². The smallest absolute Gasteiger partial charge is 0.325 e. The zero-order chi connectivity index (χ0) is 19.2. The molecule has 0 saturated heterocycles. The van der Waals surface area contributed by atoms with E-state index in [4.69, 9.17) is 0 Å². The monoisotopic (exact) mass is 405 g/mol. The van der Waals surface area contributed by atoms with E-state index in [0.29, 0.717) is 21.3 Å². The van der Waals surface area contributed by atoms with Crippen molar-refractivity contribution in [3.8, 4) is 0 Å². The van der Waals surface area contributed by atoms with Crippen LogP contribution in [0.3, 0.4) is 0 Å². The Balaban J connectivity index is 1.44. The quantitative estimate of drug-likeness (QED) is 0.499. The van der Waals surface area contributed by atoms with Crippen LogP contribution in [0.25, 0.3) is 0 Å². The minimum atomic E-state index is -0.370. The molecule has 9 heteroatoms. The van der Waals surface area contributed by atoms with Crippen LogP contribution < -0.4 is 16.0 Å². The average Bonchev–Trinajstić information content (AvgIpc) is 3.28. The minimum absolute atomic E-state index is 0.0177. The van der Waals surface area contributed by atoms with Crippen LogP contribution in [0.1, 0.15) is 36.8 Å². The number of nitrogens with zero attached hydrogens (tertiary/aromatic N) is 2. The first kappa shape index (κ1) is 19.6. The van der Waals surface area contributed by atoms with Crippen molar-refractivity contribution in [1.29, 1.82) is 0 Å². The lowest BCUT2D eigenvalue weighted by Crippen LogP contribution is -2.33. The molecule has 0 unspecified atom stereocenters. The molecular formula is C18H23N5O2S2. The third kappa shape index (κ3) is 5.93. The number of aromatic nitrogens is 2. The molecule has 27 heavy (non-hydrogen) atoms. The van der Waals surface area contributed by atoms with E-state index in [1.165, 1.54) is 41.5 Å². The Kier molecular flexibility index (Phi) is 6.68. The molecule has 1 fully saturated rings. The number of thioether (sulfide) groups is 1. The van der Waals surface area contributed by atoms with Crippen molar-refractivity contribution in [2.45, 2.75) is 49.9 Å². The molecule has 3 N–H and O–H groups in total. The summed E-state index contributed by atoms with van der Waals surface area (Å²) >= 11 is 2.58. The maximum absolute atomic E-state index is 12.1. The van der Waals surface area contributed by atoms with Gasteiger partial charge in [0.25, 0.3) is 0 Å². The first-order valence-electron chi connectivity index (χ1n) is 8.90. The van der Waals surface area contributed by atoms with E-state index in [1.807, 2.05) is 32.0 Å². The molecule has 0 atom stereocenters. The highest BCUT2D eigenvalue weighted by Gasteiger charge is 2.17. The summed E-state index contributed by atoms with van der Waals surface area (Å²) in [7, 11) is 0. The molecule has 0 aliphatic heterocycles. The number of aryl methyl sites for hydroxylation is 2. The first-order valence-corrected chi connectivity index (χ1v) is 10.7. The van der Waals surface area contributed by atoms with Gasteiger partial charge in [-0.05, 0) is 49.9 Å². The predicted molar refractivity (Wildman–Crippen MR) is 110 cm³/mol. The van der Waals surface area contributed by atoms with Crippen molar-refractivity contribution in [3.63, 3.8) is 0 Å². The molecule has 1 aliphatic carbocycles. The van der Waals surface area contributed by atoms with Gasteiger partial charge in [-0.3, -0.25) is 10.1 Å². The molecule has 0 bridgehead atoms. The van der Waals surface area contributed by atoms with Crippen molar-refractivity contribution in [1.82, 2.24) is 15.5 Å². The topological polar surface area (TPSA) is 96.0 Å². The summed E-state index contributed by atoms with van der Waals surface area (Å²) in [6.07, 6.45) is 4.51. The van der Waals surface area contributed by atoms with E-state index >= 15 is 0 Å². The van der Waals surface area contributed by atoms with E-state index in [9.17, 15) is 9.59 Å². The van der Waals surface area contributed by atoms with E-state index in [1.54, 1.807) is 0 Å². The SMILES string of the molecule is Cc1ccc(NC(=O)Nc2nnc(SCC(=O)NC3CCCC3)s2)cc1C.